The molecule has 0 saturated carbocycles. The number of rotatable bonds is 5. The Kier molecular flexibility index (Phi) is 4.26. The Hall–Kier alpha value is -2.46. The topological polar surface area (TPSA) is 46.6 Å². The molecule has 0 N–H and O–H groups in total. The van der Waals surface area contributed by atoms with Crippen LogP contribution < -0.4 is 0 Å². The maximum atomic E-state index is 12.3. The highest BCUT2D eigenvalue weighted by Crippen LogP contribution is 2.24. The van der Waals surface area contributed by atoms with E-state index in [1.807, 2.05) is 38.1 Å². The quantitative estimate of drug-likeness (QED) is 0.795. The largest absolute Gasteiger partial charge is 0.374 e. The second-order valence-corrected chi connectivity index (χ2v) is 5.92. The lowest BCUT2D eigenvalue weighted by molar-refractivity contribution is 0.0637. The van der Waals surface area contributed by atoms with Crippen LogP contribution in [0.25, 0.3) is 0 Å². The van der Waals surface area contributed by atoms with Crippen LogP contribution in [-0.2, 0) is 17.9 Å². The van der Waals surface area contributed by atoms with Crippen LogP contribution in [0.1, 0.15) is 45.7 Å². The lowest BCUT2D eigenvalue weighted by atomic mass is 10.1. The summed E-state index contributed by atoms with van der Waals surface area (Å²) in [5, 5.41) is 0. The van der Waals surface area contributed by atoms with Crippen molar-refractivity contribution in [2.24, 2.45) is 0 Å². The molecule has 118 valence electrons. The highest BCUT2D eigenvalue weighted by molar-refractivity contribution is 6.21. The summed E-state index contributed by atoms with van der Waals surface area (Å²) in [7, 11) is 0. The molecule has 0 atom stereocenters. The molecule has 2 aromatic carbocycles. The first-order valence-corrected chi connectivity index (χ1v) is 7.71. The number of hydrogen-bond acceptors (Lipinski definition) is 3. The van der Waals surface area contributed by atoms with Crippen LogP contribution in [0.2, 0.25) is 0 Å². The fourth-order valence-corrected chi connectivity index (χ4v) is 2.57. The zero-order valence-electron chi connectivity index (χ0n) is 13.3. The minimum Gasteiger partial charge on any atom is -0.374 e. The molecule has 0 aromatic heterocycles. The molecule has 4 heteroatoms. The number of amides is 2. The maximum absolute atomic E-state index is 12.3. The smallest absolute Gasteiger partial charge is 0.261 e. The zero-order chi connectivity index (χ0) is 16.4. The van der Waals surface area contributed by atoms with Crippen LogP contribution in [0.4, 0.5) is 0 Å². The van der Waals surface area contributed by atoms with Gasteiger partial charge in [-0.3, -0.25) is 14.5 Å². The van der Waals surface area contributed by atoms with Gasteiger partial charge in [0.15, 0.2) is 0 Å². The standard InChI is InChI=1S/C19H19NO3/c1-13(2)23-12-15-9-7-14(8-10-15)11-20-18(21)16-5-3-4-6-17(16)19(20)22/h3-10,13H,11-12H2,1-2H3. The molecule has 0 bridgehead atoms. The summed E-state index contributed by atoms with van der Waals surface area (Å²) < 4.78 is 5.56. The Labute approximate surface area is 135 Å². The number of imide groups is 1. The van der Waals surface area contributed by atoms with Gasteiger partial charge in [0.25, 0.3) is 11.8 Å². The number of carbonyl (C=O) groups excluding carboxylic acids is 2. The van der Waals surface area contributed by atoms with Crippen molar-refractivity contribution in [2.75, 3.05) is 0 Å². The van der Waals surface area contributed by atoms with E-state index in [0.29, 0.717) is 17.7 Å². The molecule has 0 saturated heterocycles. The first-order valence-electron chi connectivity index (χ1n) is 7.71. The monoisotopic (exact) mass is 309 g/mol. The fraction of sp³-hybridized carbons (Fsp3) is 0.263. The second kappa shape index (κ2) is 6.34. The first kappa shape index (κ1) is 15.4. The molecule has 1 aliphatic rings. The molecule has 0 unspecified atom stereocenters. The molecular formula is C19H19NO3. The zero-order valence-corrected chi connectivity index (χ0v) is 13.3. The van der Waals surface area contributed by atoms with Gasteiger partial charge in [-0.25, -0.2) is 0 Å². The van der Waals surface area contributed by atoms with Crippen LogP contribution >= 0.6 is 0 Å². The minimum absolute atomic E-state index is 0.188. The summed E-state index contributed by atoms with van der Waals surface area (Å²) in [5.74, 6) is -0.448. The van der Waals surface area contributed by atoms with Gasteiger partial charge in [0, 0.05) is 0 Å². The Morgan fingerprint density at radius 3 is 1.91 bits per heavy atom. The number of benzene rings is 2. The van der Waals surface area contributed by atoms with Crippen LogP contribution in [0.15, 0.2) is 48.5 Å². The Morgan fingerprint density at radius 1 is 0.870 bits per heavy atom. The average molecular weight is 309 g/mol. The molecule has 0 aliphatic carbocycles. The van der Waals surface area contributed by atoms with E-state index in [4.69, 9.17) is 4.74 Å². The lowest BCUT2D eigenvalue weighted by Gasteiger charge is -2.14. The normalized spacial score (nSPS) is 13.8. The van der Waals surface area contributed by atoms with Crippen molar-refractivity contribution in [3.05, 3.63) is 70.8 Å². The van der Waals surface area contributed by atoms with E-state index in [1.54, 1.807) is 24.3 Å². The van der Waals surface area contributed by atoms with Crippen molar-refractivity contribution in [1.29, 1.82) is 0 Å². The van der Waals surface area contributed by atoms with Gasteiger partial charge < -0.3 is 4.74 Å². The Balaban J connectivity index is 1.71. The second-order valence-electron chi connectivity index (χ2n) is 5.92. The average Bonchev–Trinajstić information content (AvgIpc) is 2.80. The van der Waals surface area contributed by atoms with Gasteiger partial charge in [-0.2, -0.15) is 0 Å². The molecule has 0 radical (unpaired) electrons. The third-order valence-electron chi connectivity index (χ3n) is 3.83. The first-order chi connectivity index (χ1) is 11.1. The molecule has 1 heterocycles. The highest BCUT2D eigenvalue weighted by Gasteiger charge is 2.34. The number of fused-ring (bicyclic) bond motifs is 1. The summed E-state index contributed by atoms with van der Waals surface area (Å²) in [6.07, 6.45) is 0.188. The molecule has 23 heavy (non-hydrogen) atoms. The van der Waals surface area contributed by atoms with E-state index in [1.165, 1.54) is 4.90 Å². The van der Waals surface area contributed by atoms with Gasteiger partial charge in [-0.05, 0) is 37.1 Å². The molecule has 1 aliphatic heterocycles. The maximum Gasteiger partial charge on any atom is 0.261 e. The van der Waals surface area contributed by atoms with Crippen molar-refractivity contribution in [3.63, 3.8) is 0 Å². The van der Waals surface area contributed by atoms with E-state index in [2.05, 4.69) is 0 Å². The molecule has 2 amide bonds. The molecule has 0 fully saturated rings. The molecule has 3 rings (SSSR count). The van der Waals surface area contributed by atoms with Gasteiger partial charge in [0.05, 0.1) is 30.4 Å². The predicted molar refractivity (Wildman–Crippen MR) is 87.0 cm³/mol. The number of carbonyl (C=O) groups is 2. The SMILES string of the molecule is CC(C)OCc1ccc(CN2C(=O)c3ccccc3C2=O)cc1. The van der Waals surface area contributed by atoms with Crippen LogP contribution in [-0.4, -0.2) is 22.8 Å². The number of nitrogens with zero attached hydrogens (tertiary/aromatic N) is 1. The number of ether oxygens (including phenoxy) is 1. The van der Waals surface area contributed by atoms with Gasteiger partial charge >= 0.3 is 0 Å². The fourth-order valence-electron chi connectivity index (χ4n) is 2.57. The van der Waals surface area contributed by atoms with E-state index >= 15 is 0 Å². The predicted octanol–water partition coefficient (Wildman–Crippen LogP) is 3.41. The molecular weight excluding hydrogens is 290 g/mol. The van der Waals surface area contributed by atoms with E-state index < -0.39 is 0 Å². The Bertz CT molecular complexity index is 700. The summed E-state index contributed by atoms with van der Waals surface area (Å²) in [6.45, 7) is 4.84. The Morgan fingerprint density at radius 2 is 1.39 bits per heavy atom. The highest BCUT2D eigenvalue weighted by atomic mass is 16.5. The summed E-state index contributed by atoms with van der Waals surface area (Å²) in [4.78, 5) is 26.0. The van der Waals surface area contributed by atoms with Crippen molar-refractivity contribution in [3.8, 4) is 0 Å². The van der Waals surface area contributed by atoms with Crippen LogP contribution in [0.5, 0.6) is 0 Å². The van der Waals surface area contributed by atoms with Crippen molar-refractivity contribution in [2.45, 2.75) is 33.1 Å². The van der Waals surface area contributed by atoms with Gasteiger partial charge in [-0.1, -0.05) is 36.4 Å². The summed E-state index contributed by atoms with van der Waals surface area (Å²) in [5.41, 5.74) is 2.97. The molecule has 0 spiro atoms. The molecule has 4 nitrogen and oxygen atoms in total. The summed E-state index contributed by atoms with van der Waals surface area (Å²) in [6, 6.07) is 14.7. The lowest BCUT2D eigenvalue weighted by Crippen LogP contribution is -2.29. The molecule has 2 aromatic rings. The minimum atomic E-state index is -0.224. The third-order valence-corrected chi connectivity index (χ3v) is 3.83. The third kappa shape index (κ3) is 3.17. The van der Waals surface area contributed by atoms with Crippen molar-refractivity contribution in [1.82, 2.24) is 4.90 Å². The summed E-state index contributed by atoms with van der Waals surface area (Å²) >= 11 is 0. The van der Waals surface area contributed by atoms with E-state index in [-0.39, 0.29) is 24.5 Å². The van der Waals surface area contributed by atoms with E-state index in [0.717, 1.165) is 11.1 Å². The van der Waals surface area contributed by atoms with Crippen molar-refractivity contribution < 1.29 is 14.3 Å². The van der Waals surface area contributed by atoms with E-state index in [9.17, 15) is 9.59 Å². The van der Waals surface area contributed by atoms with Gasteiger partial charge in [-0.15, -0.1) is 0 Å². The van der Waals surface area contributed by atoms with Crippen molar-refractivity contribution >= 4 is 11.8 Å². The van der Waals surface area contributed by atoms with Gasteiger partial charge in [0.1, 0.15) is 0 Å². The van der Waals surface area contributed by atoms with Crippen LogP contribution in [0, 0.1) is 0 Å². The number of hydrogen-bond donors (Lipinski definition) is 0. The van der Waals surface area contributed by atoms with Gasteiger partial charge in [0.2, 0.25) is 0 Å². The van der Waals surface area contributed by atoms with Crippen LogP contribution in [0.3, 0.4) is 0 Å².